The number of hydrogen-bond acceptors (Lipinski definition) is 6. The number of methoxy groups -OCH3 is 1. The van der Waals surface area contributed by atoms with Crippen molar-refractivity contribution < 1.29 is 24.5 Å². The molecule has 1 aromatic carbocycles. The van der Waals surface area contributed by atoms with E-state index in [9.17, 15) is 15.0 Å². The molecule has 1 amide bonds. The summed E-state index contributed by atoms with van der Waals surface area (Å²) in [6, 6.07) is 5.88. The van der Waals surface area contributed by atoms with E-state index in [2.05, 4.69) is 32.6 Å². The van der Waals surface area contributed by atoms with E-state index < -0.39 is 11.2 Å². The third kappa shape index (κ3) is 7.66. The van der Waals surface area contributed by atoms with E-state index in [4.69, 9.17) is 9.47 Å². The molecular formula is C28H46N2O5. The molecule has 198 valence electrons. The Morgan fingerprint density at radius 2 is 1.74 bits per heavy atom. The van der Waals surface area contributed by atoms with Crippen LogP contribution in [0.2, 0.25) is 0 Å². The Morgan fingerprint density at radius 3 is 2.34 bits per heavy atom. The second kappa shape index (κ2) is 11.2. The standard InChI is InChI=1S/C28H46N2O5/c1-21-7-8-24(15-22(21)2)35-20-28(33)18-29(13-14-30(19-28)25(31)16-34-6)17-27(32)11-9-23(10-12-27)26(3,4)5/h7-8,15,23,32-33H,9-14,16-20H2,1-6H3/t23?,27?,28-/m0/s1. The van der Waals surface area contributed by atoms with Gasteiger partial charge in [0, 0.05) is 33.3 Å². The number of rotatable bonds is 7. The number of carbonyl (C=O) groups excluding carboxylic acids is 1. The Bertz CT molecular complexity index is 859. The van der Waals surface area contributed by atoms with Crippen LogP contribution in [-0.4, -0.2) is 90.2 Å². The fourth-order valence-corrected chi connectivity index (χ4v) is 5.51. The molecule has 3 rings (SSSR count). The third-order valence-electron chi connectivity index (χ3n) is 7.95. The summed E-state index contributed by atoms with van der Waals surface area (Å²) in [6.45, 7) is 13.0. The van der Waals surface area contributed by atoms with Crippen LogP contribution in [0.5, 0.6) is 5.75 Å². The molecule has 0 unspecified atom stereocenters. The molecule has 1 aliphatic carbocycles. The van der Waals surface area contributed by atoms with E-state index in [1.54, 1.807) is 4.90 Å². The van der Waals surface area contributed by atoms with Crippen LogP contribution < -0.4 is 4.74 Å². The Balaban J connectivity index is 1.71. The summed E-state index contributed by atoms with van der Waals surface area (Å²) in [7, 11) is 1.50. The number of benzene rings is 1. The minimum atomic E-state index is -1.27. The van der Waals surface area contributed by atoms with Gasteiger partial charge in [0.1, 0.15) is 24.6 Å². The van der Waals surface area contributed by atoms with Gasteiger partial charge in [-0.05, 0) is 74.1 Å². The van der Waals surface area contributed by atoms with Gasteiger partial charge < -0.3 is 24.6 Å². The fourth-order valence-electron chi connectivity index (χ4n) is 5.51. The van der Waals surface area contributed by atoms with Crippen LogP contribution in [0.25, 0.3) is 0 Å². The summed E-state index contributed by atoms with van der Waals surface area (Å²) in [5, 5.41) is 23.1. The van der Waals surface area contributed by atoms with Crippen LogP contribution in [0.15, 0.2) is 18.2 Å². The average Bonchev–Trinajstić information content (AvgIpc) is 2.93. The van der Waals surface area contributed by atoms with Crippen LogP contribution in [0.3, 0.4) is 0 Å². The molecule has 2 N–H and O–H groups in total. The fraction of sp³-hybridized carbons (Fsp3) is 0.750. The second-order valence-electron chi connectivity index (χ2n) is 12.1. The summed E-state index contributed by atoms with van der Waals surface area (Å²) < 4.78 is 11.1. The van der Waals surface area contributed by atoms with E-state index in [1.165, 1.54) is 12.7 Å². The number of aliphatic hydroxyl groups is 2. The first kappa shape index (κ1) is 27.9. The molecule has 7 heteroatoms. The number of nitrogens with zero attached hydrogens (tertiary/aromatic N) is 2. The van der Waals surface area contributed by atoms with Gasteiger partial charge in [0.05, 0.1) is 12.1 Å². The average molecular weight is 491 g/mol. The van der Waals surface area contributed by atoms with Gasteiger partial charge in [0.25, 0.3) is 0 Å². The summed E-state index contributed by atoms with van der Waals surface area (Å²) in [6.07, 6.45) is 3.53. The van der Waals surface area contributed by atoms with Crippen LogP contribution in [0, 0.1) is 25.2 Å². The number of ether oxygens (including phenoxy) is 2. The molecule has 0 spiro atoms. The minimum Gasteiger partial charge on any atom is -0.490 e. The Morgan fingerprint density at radius 1 is 1.06 bits per heavy atom. The van der Waals surface area contributed by atoms with Crippen molar-refractivity contribution in [3.8, 4) is 5.75 Å². The lowest BCUT2D eigenvalue weighted by atomic mass is 9.68. The molecule has 1 saturated heterocycles. The topological polar surface area (TPSA) is 82.5 Å². The lowest BCUT2D eigenvalue weighted by Gasteiger charge is -2.43. The van der Waals surface area contributed by atoms with Crippen LogP contribution >= 0.6 is 0 Å². The number of hydrogen-bond donors (Lipinski definition) is 2. The van der Waals surface area contributed by atoms with Crippen molar-refractivity contribution in [2.45, 2.75) is 71.5 Å². The molecule has 1 atom stereocenters. The highest BCUT2D eigenvalue weighted by molar-refractivity contribution is 5.77. The van der Waals surface area contributed by atoms with Crippen molar-refractivity contribution in [2.24, 2.45) is 11.3 Å². The molecule has 0 aromatic heterocycles. The van der Waals surface area contributed by atoms with Gasteiger partial charge in [-0.25, -0.2) is 0 Å². The molecule has 7 nitrogen and oxygen atoms in total. The van der Waals surface area contributed by atoms with Crippen molar-refractivity contribution in [2.75, 3.05) is 53.0 Å². The molecule has 1 heterocycles. The lowest BCUT2D eigenvalue weighted by molar-refractivity contribution is -0.138. The van der Waals surface area contributed by atoms with E-state index in [-0.39, 0.29) is 31.1 Å². The number of β-amino-alcohol motifs (C(OH)–C–C–N with tert-alkyl or cyclic N) is 2. The molecular weight excluding hydrogens is 444 g/mol. The van der Waals surface area contributed by atoms with Gasteiger partial charge in [-0.1, -0.05) is 26.8 Å². The third-order valence-corrected chi connectivity index (χ3v) is 7.95. The summed E-state index contributed by atoms with van der Waals surface area (Å²) >= 11 is 0. The minimum absolute atomic E-state index is 0.0216. The lowest BCUT2D eigenvalue weighted by Crippen LogP contribution is -2.54. The molecule has 1 aliphatic heterocycles. The summed E-state index contributed by atoms with van der Waals surface area (Å²) in [4.78, 5) is 16.4. The van der Waals surface area contributed by atoms with Crippen LogP contribution in [0.4, 0.5) is 0 Å². The van der Waals surface area contributed by atoms with Gasteiger partial charge >= 0.3 is 0 Å². The number of carbonyl (C=O) groups is 1. The Labute approximate surface area is 211 Å². The highest BCUT2D eigenvalue weighted by atomic mass is 16.5. The first-order valence-corrected chi connectivity index (χ1v) is 13.0. The zero-order valence-corrected chi connectivity index (χ0v) is 22.6. The first-order chi connectivity index (χ1) is 16.3. The predicted molar refractivity (Wildman–Crippen MR) is 138 cm³/mol. The van der Waals surface area contributed by atoms with Crippen molar-refractivity contribution in [3.05, 3.63) is 29.3 Å². The number of amides is 1. The van der Waals surface area contributed by atoms with Gasteiger partial charge in [-0.15, -0.1) is 0 Å². The molecule has 35 heavy (non-hydrogen) atoms. The zero-order chi connectivity index (χ0) is 25.9. The quantitative estimate of drug-likeness (QED) is 0.611. The maximum Gasteiger partial charge on any atom is 0.248 e. The summed E-state index contributed by atoms with van der Waals surface area (Å²) in [5.74, 6) is 1.16. The highest BCUT2D eigenvalue weighted by Crippen LogP contribution is 2.41. The van der Waals surface area contributed by atoms with Gasteiger partial charge in [-0.2, -0.15) is 0 Å². The highest BCUT2D eigenvalue weighted by Gasteiger charge is 2.42. The van der Waals surface area contributed by atoms with Gasteiger partial charge in [0.2, 0.25) is 5.91 Å². The van der Waals surface area contributed by atoms with E-state index in [1.807, 2.05) is 25.1 Å². The molecule has 1 saturated carbocycles. The van der Waals surface area contributed by atoms with Crippen molar-refractivity contribution in [1.29, 1.82) is 0 Å². The molecule has 1 aromatic rings. The zero-order valence-electron chi connectivity index (χ0n) is 22.6. The normalized spacial score (nSPS) is 28.6. The molecule has 0 bridgehead atoms. The van der Waals surface area contributed by atoms with E-state index in [0.717, 1.165) is 31.2 Å². The predicted octanol–water partition coefficient (Wildman–Crippen LogP) is 3.17. The van der Waals surface area contributed by atoms with Crippen molar-refractivity contribution in [3.63, 3.8) is 0 Å². The number of aryl methyl sites for hydroxylation is 2. The molecule has 2 fully saturated rings. The molecule has 0 radical (unpaired) electrons. The smallest absolute Gasteiger partial charge is 0.248 e. The first-order valence-electron chi connectivity index (χ1n) is 13.0. The Kier molecular flexibility index (Phi) is 8.90. The van der Waals surface area contributed by atoms with E-state index >= 15 is 0 Å². The Hall–Kier alpha value is -1.67. The second-order valence-corrected chi connectivity index (χ2v) is 12.1. The summed E-state index contributed by atoms with van der Waals surface area (Å²) in [5.41, 5.74) is 0.517. The molecule has 2 aliphatic rings. The monoisotopic (exact) mass is 490 g/mol. The van der Waals surface area contributed by atoms with Gasteiger partial charge in [0.15, 0.2) is 0 Å². The van der Waals surface area contributed by atoms with Crippen LogP contribution in [0.1, 0.15) is 57.6 Å². The van der Waals surface area contributed by atoms with Gasteiger partial charge in [-0.3, -0.25) is 9.69 Å². The SMILES string of the molecule is COCC(=O)N1CCN(CC2(O)CCC(C(C)(C)C)CC2)C[C@@](O)(COc2ccc(C)c(C)c2)C1. The largest absolute Gasteiger partial charge is 0.490 e. The maximum absolute atomic E-state index is 12.7. The van der Waals surface area contributed by atoms with Crippen molar-refractivity contribution in [1.82, 2.24) is 9.80 Å². The van der Waals surface area contributed by atoms with E-state index in [0.29, 0.717) is 37.8 Å². The van der Waals surface area contributed by atoms with Crippen molar-refractivity contribution >= 4 is 5.91 Å². The maximum atomic E-state index is 12.7. The van der Waals surface area contributed by atoms with Crippen LogP contribution in [-0.2, 0) is 9.53 Å².